The summed E-state index contributed by atoms with van der Waals surface area (Å²) in [4.78, 5) is 12.3. The largest absolute Gasteiger partial charge is 0.497 e. The second-order valence-electron chi connectivity index (χ2n) is 7.35. The molecule has 0 saturated heterocycles. The number of rotatable bonds is 8. The molecular weight excluding hydrogens is 404 g/mol. The summed E-state index contributed by atoms with van der Waals surface area (Å²) in [5, 5.41) is 2.71. The van der Waals surface area contributed by atoms with E-state index in [0.717, 1.165) is 25.7 Å². The van der Waals surface area contributed by atoms with Crippen LogP contribution in [0.15, 0.2) is 53.4 Å². The highest BCUT2D eigenvalue weighted by Gasteiger charge is 2.28. The highest BCUT2D eigenvalue weighted by Crippen LogP contribution is 2.27. The molecule has 8 heteroatoms. The third-order valence-electron chi connectivity index (χ3n) is 5.33. The summed E-state index contributed by atoms with van der Waals surface area (Å²) in [6.45, 7) is -0.156. The minimum atomic E-state index is -3.55. The number of sulfonamides is 1. The van der Waals surface area contributed by atoms with Gasteiger partial charge in [0.2, 0.25) is 10.0 Å². The van der Waals surface area contributed by atoms with Crippen LogP contribution in [0.5, 0.6) is 11.5 Å². The number of nitrogens with one attached hydrogen (secondary N) is 1. The third kappa shape index (κ3) is 5.52. The third-order valence-corrected chi connectivity index (χ3v) is 7.26. The molecule has 2 aromatic carbocycles. The fraction of sp³-hybridized carbons (Fsp3) is 0.409. The summed E-state index contributed by atoms with van der Waals surface area (Å²) in [5.74, 6) is 0.926. The Morgan fingerprint density at radius 3 is 2.20 bits per heavy atom. The van der Waals surface area contributed by atoms with Crippen molar-refractivity contribution in [1.82, 2.24) is 4.31 Å². The summed E-state index contributed by atoms with van der Waals surface area (Å²) in [5.41, 5.74) is 0.512. The van der Waals surface area contributed by atoms with Gasteiger partial charge in [-0.3, -0.25) is 4.79 Å². The molecule has 0 aromatic heterocycles. The highest BCUT2D eigenvalue weighted by molar-refractivity contribution is 7.89. The molecule has 3 rings (SSSR count). The summed E-state index contributed by atoms with van der Waals surface area (Å²) < 4.78 is 37.8. The molecule has 0 unspecified atom stereocenters. The first-order valence-electron chi connectivity index (χ1n) is 10.0. The molecule has 0 atom stereocenters. The lowest BCUT2D eigenvalue weighted by Gasteiger charge is -2.30. The highest BCUT2D eigenvalue weighted by atomic mass is 32.2. The lowest BCUT2D eigenvalue weighted by molar-refractivity contribution is -0.118. The lowest BCUT2D eigenvalue weighted by Crippen LogP contribution is -2.38. The van der Waals surface area contributed by atoms with Crippen LogP contribution in [0.1, 0.15) is 32.1 Å². The fourth-order valence-electron chi connectivity index (χ4n) is 3.54. The van der Waals surface area contributed by atoms with Crippen molar-refractivity contribution in [2.75, 3.05) is 26.1 Å². The van der Waals surface area contributed by atoms with E-state index in [0.29, 0.717) is 17.2 Å². The van der Waals surface area contributed by atoms with E-state index >= 15 is 0 Å². The summed E-state index contributed by atoms with van der Waals surface area (Å²) in [6.07, 6.45) is 5.10. The number of methoxy groups -OCH3 is 1. The molecule has 7 nitrogen and oxygen atoms in total. The van der Waals surface area contributed by atoms with Crippen molar-refractivity contribution < 1.29 is 22.7 Å². The first-order chi connectivity index (χ1) is 14.4. The molecule has 1 fully saturated rings. The zero-order valence-corrected chi connectivity index (χ0v) is 18.2. The number of nitrogens with zero attached hydrogens (tertiary/aromatic N) is 1. The van der Waals surface area contributed by atoms with Gasteiger partial charge in [-0.2, -0.15) is 4.31 Å². The van der Waals surface area contributed by atoms with Crippen molar-refractivity contribution in [3.8, 4) is 11.5 Å². The van der Waals surface area contributed by atoms with E-state index in [-0.39, 0.29) is 23.5 Å². The van der Waals surface area contributed by atoms with Gasteiger partial charge in [-0.1, -0.05) is 19.3 Å². The van der Waals surface area contributed by atoms with E-state index in [1.165, 1.54) is 22.9 Å². The average molecular weight is 433 g/mol. The predicted molar refractivity (Wildman–Crippen MR) is 115 cm³/mol. The van der Waals surface area contributed by atoms with Crippen LogP contribution in [0.2, 0.25) is 0 Å². The molecule has 0 bridgehead atoms. The summed E-state index contributed by atoms with van der Waals surface area (Å²) in [6, 6.07) is 13.2. The first kappa shape index (κ1) is 22.1. The molecule has 0 radical (unpaired) electrons. The van der Waals surface area contributed by atoms with Crippen LogP contribution in [-0.2, 0) is 14.8 Å². The maximum absolute atomic E-state index is 12.9. The van der Waals surface area contributed by atoms with E-state index in [9.17, 15) is 13.2 Å². The normalized spacial score (nSPS) is 15.0. The molecule has 1 saturated carbocycles. The Labute approximate surface area is 178 Å². The van der Waals surface area contributed by atoms with Crippen LogP contribution >= 0.6 is 0 Å². The first-order valence-corrected chi connectivity index (χ1v) is 11.5. The second kappa shape index (κ2) is 9.95. The minimum absolute atomic E-state index is 0.0539. The van der Waals surface area contributed by atoms with E-state index in [2.05, 4.69) is 5.32 Å². The fourth-order valence-corrected chi connectivity index (χ4v) is 4.95. The van der Waals surface area contributed by atoms with Gasteiger partial charge in [0.05, 0.1) is 12.0 Å². The van der Waals surface area contributed by atoms with E-state index in [4.69, 9.17) is 9.47 Å². The molecule has 30 heavy (non-hydrogen) atoms. The van der Waals surface area contributed by atoms with Gasteiger partial charge in [0.1, 0.15) is 11.5 Å². The molecule has 2 aromatic rings. The number of carbonyl (C=O) groups excluding carboxylic acids is 1. The maximum Gasteiger partial charge on any atom is 0.262 e. The monoisotopic (exact) mass is 432 g/mol. The molecule has 1 aliphatic rings. The Hall–Kier alpha value is -2.58. The molecule has 0 aliphatic heterocycles. The standard InChI is InChI=1S/C22H28N2O5S/c1-24(18-6-4-3-5-7-18)30(26,27)21-14-8-17(9-15-21)23-22(25)16-29-20-12-10-19(28-2)11-13-20/h8-15,18H,3-7,16H2,1-2H3,(H,23,25). The van der Waals surface area contributed by atoms with E-state index in [1.807, 2.05) is 0 Å². The van der Waals surface area contributed by atoms with Crippen molar-refractivity contribution in [2.24, 2.45) is 0 Å². The minimum Gasteiger partial charge on any atom is -0.497 e. The molecule has 1 amide bonds. The van der Waals surface area contributed by atoms with Crippen molar-refractivity contribution in [3.05, 3.63) is 48.5 Å². The predicted octanol–water partition coefficient (Wildman–Crippen LogP) is 3.67. The molecule has 162 valence electrons. The van der Waals surface area contributed by atoms with Crippen molar-refractivity contribution in [3.63, 3.8) is 0 Å². The van der Waals surface area contributed by atoms with Gasteiger partial charge in [0.25, 0.3) is 5.91 Å². The van der Waals surface area contributed by atoms with Crippen molar-refractivity contribution in [2.45, 2.75) is 43.0 Å². The molecule has 1 aliphatic carbocycles. The smallest absolute Gasteiger partial charge is 0.262 e. The van der Waals surface area contributed by atoms with Crippen LogP contribution in [0.4, 0.5) is 5.69 Å². The van der Waals surface area contributed by atoms with Crippen molar-refractivity contribution >= 4 is 21.6 Å². The van der Waals surface area contributed by atoms with Gasteiger partial charge >= 0.3 is 0 Å². The molecule has 1 N–H and O–H groups in total. The SMILES string of the molecule is COc1ccc(OCC(=O)Nc2ccc(S(=O)(=O)N(C)C3CCCCC3)cc2)cc1. The van der Waals surface area contributed by atoms with Crippen LogP contribution in [0.3, 0.4) is 0 Å². The number of hydrogen-bond acceptors (Lipinski definition) is 5. The summed E-state index contributed by atoms with van der Waals surface area (Å²) in [7, 11) is -0.323. The van der Waals surface area contributed by atoms with Crippen molar-refractivity contribution in [1.29, 1.82) is 0 Å². The van der Waals surface area contributed by atoms with Gasteiger partial charge in [0.15, 0.2) is 6.61 Å². The average Bonchev–Trinajstić information content (AvgIpc) is 2.78. The van der Waals surface area contributed by atoms with Gasteiger partial charge in [-0.25, -0.2) is 8.42 Å². The van der Waals surface area contributed by atoms with Gasteiger partial charge in [-0.15, -0.1) is 0 Å². The number of anilines is 1. The zero-order chi connectivity index (χ0) is 21.6. The van der Waals surface area contributed by atoms with Gasteiger partial charge in [-0.05, 0) is 61.4 Å². The topological polar surface area (TPSA) is 84.9 Å². The molecule has 0 spiro atoms. The Kier molecular flexibility index (Phi) is 7.33. The second-order valence-corrected chi connectivity index (χ2v) is 9.35. The quantitative estimate of drug-likeness (QED) is 0.688. The summed E-state index contributed by atoms with van der Waals surface area (Å²) >= 11 is 0. The Balaban J connectivity index is 1.55. The van der Waals surface area contributed by atoms with E-state index < -0.39 is 10.0 Å². The number of ether oxygens (including phenoxy) is 2. The molecular formula is C22H28N2O5S. The van der Waals surface area contributed by atoms with Crippen LogP contribution < -0.4 is 14.8 Å². The Morgan fingerprint density at radius 1 is 1.00 bits per heavy atom. The lowest BCUT2D eigenvalue weighted by atomic mass is 9.96. The van der Waals surface area contributed by atoms with Crippen LogP contribution in [0.25, 0.3) is 0 Å². The van der Waals surface area contributed by atoms with E-state index in [1.54, 1.807) is 50.6 Å². The molecule has 0 heterocycles. The number of amides is 1. The van der Waals surface area contributed by atoms with Gasteiger partial charge in [0, 0.05) is 18.8 Å². The number of carbonyl (C=O) groups is 1. The Bertz CT molecular complexity index is 936. The van der Waals surface area contributed by atoms with Crippen LogP contribution in [0, 0.1) is 0 Å². The number of hydrogen-bond donors (Lipinski definition) is 1. The number of benzene rings is 2. The zero-order valence-electron chi connectivity index (χ0n) is 17.3. The van der Waals surface area contributed by atoms with Gasteiger partial charge < -0.3 is 14.8 Å². The van der Waals surface area contributed by atoms with Crippen LogP contribution in [-0.4, -0.2) is 45.4 Å². The Morgan fingerprint density at radius 2 is 1.60 bits per heavy atom. The maximum atomic E-state index is 12.9.